The Morgan fingerprint density at radius 2 is 2.12 bits per heavy atom. The summed E-state index contributed by atoms with van der Waals surface area (Å²) in [5, 5.41) is 2.13. The SMILES string of the molecule is COc1cccc(NC(=O)CC(F)(F)F)c1. The standard InChI is InChI=1S/C10H10F3NO2/c1-16-8-4-2-3-7(5-8)14-9(15)6-10(11,12)13/h2-5H,6H2,1H3,(H,14,15). The Kier molecular flexibility index (Phi) is 3.76. The van der Waals surface area contributed by atoms with Crippen molar-refractivity contribution < 1.29 is 22.7 Å². The number of alkyl halides is 3. The quantitative estimate of drug-likeness (QED) is 0.871. The first kappa shape index (κ1) is 12.4. The highest BCUT2D eigenvalue weighted by Crippen LogP contribution is 2.21. The van der Waals surface area contributed by atoms with Gasteiger partial charge in [-0.15, -0.1) is 0 Å². The minimum absolute atomic E-state index is 0.272. The second kappa shape index (κ2) is 4.87. The number of rotatable bonds is 3. The minimum Gasteiger partial charge on any atom is -0.497 e. The van der Waals surface area contributed by atoms with Crippen molar-refractivity contribution >= 4 is 11.6 Å². The molecule has 1 N–H and O–H groups in total. The zero-order chi connectivity index (χ0) is 12.2. The van der Waals surface area contributed by atoms with Crippen LogP contribution in [0, 0.1) is 0 Å². The minimum atomic E-state index is -4.50. The van der Waals surface area contributed by atoms with Crippen LogP contribution in [0.4, 0.5) is 18.9 Å². The maximum absolute atomic E-state index is 11.9. The molecule has 0 fully saturated rings. The van der Waals surface area contributed by atoms with E-state index >= 15 is 0 Å². The van der Waals surface area contributed by atoms with E-state index in [1.807, 2.05) is 0 Å². The number of carbonyl (C=O) groups is 1. The average Bonchev–Trinajstić information content (AvgIpc) is 2.15. The van der Waals surface area contributed by atoms with Gasteiger partial charge in [-0.25, -0.2) is 0 Å². The van der Waals surface area contributed by atoms with E-state index in [4.69, 9.17) is 4.74 Å². The second-order valence-corrected chi connectivity index (χ2v) is 3.07. The molecule has 0 aliphatic rings. The van der Waals surface area contributed by atoms with Gasteiger partial charge in [0.05, 0.1) is 7.11 Å². The number of carbonyl (C=O) groups excluding carboxylic acids is 1. The number of ether oxygens (including phenoxy) is 1. The lowest BCUT2D eigenvalue weighted by Crippen LogP contribution is -2.21. The summed E-state index contributed by atoms with van der Waals surface area (Å²) >= 11 is 0. The summed E-state index contributed by atoms with van der Waals surface area (Å²) < 4.78 is 40.5. The molecule has 0 saturated heterocycles. The molecule has 0 aliphatic heterocycles. The van der Waals surface area contributed by atoms with Crippen molar-refractivity contribution in [3.63, 3.8) is 0 Å². The Morgan fingerprint density at radius 1 is 1.44 bits per heavy atom. The van der Waals surface area contributed by atoms with Gasteiger partial charge in [0.2, 0.25) is 5.91 Å². The molecule has 0 unspecified atom stereocenters. The molecule has 0 heterocycles. The number of hydrogen-bond acceptors (Lipinski definition) is 2. The molecule has 1 aromatic carbocycles. The molecule has 0 spiro atoms. The van der Waals surface area contributed by atoms with Crippen LogP contribution in [0.5, 0.6) is 5.75 Å². The van der Waals surface area contributed by atoms with Crippen molar-refractivity contribution in [1.82, 2.24) is 0 Å². The Morgan fingerprint density at radius 3 is 2.69 bits per heavy atom. The van der Waals surface area contributed by atoms with Crippen LogP contribution in [-0.2, 0) is 4.79 Å². The monoisotopic (exact) mass is 233 g/mol. The summed E-state index contributed by atoms with van der Waals surface area (Å²) in [4.78, 5) is 11.0. The maximum Gasteiger partial charge on any atom is 0.397 e. The van der Waals surface area contributed by atoms with Crippen LogP contribution in [-0.4, -0.2) is 19.2 Å². The van der Waals surface area contributed by atoms with E-state index in [0.717, 1.165) is 0 Å². The predicted molar refractivity (Wildman–Crippen MR) is 52.3 cm³/mol. The van der Waals surface area contributed by atoms with Gasteiger partial charge in [0.25, 0.3) is 0 Å². The van der Waals surface area contributed by atoms with Gasteiger partial charge in [0.15, 0.2) is 0 Å². The smallest absolute Gasteiger partial charge is 0.397 e. The van der Waals surface area contributed by atoms with Gasteiger partial charge in [-0.1, -0.05) is 6.07 Å². The lowest BCUT2D eigenvalue weighted by Gasteiger charge is -2.08. The number of halogens is 3. The number of anilines is 1. The molecular formula is C10H10F3NO2. The van der Waals surface area contributed by atoms with Gasteiger partial charge in [-0.05, 0) is 12.1 Å². The van der Waals surface area contributed by atoms with Crippen molar-refractivity contribution in [2.24, 2.45) is 0 Å². The summed E-state index contributed by atoms with van der Waals surface area (Å²) in [6.07, 6.45) is -5.99. The Labute approximate surface area is 90.2 Å². The van der Waals surface area contributed by atoms with Crippen LogP contribution >= 0.6 is 0 Å². The summed E-state index contributed by atoms with van der Waals surface area (Å²) in [5.74, 6) is -0.634. The lowest BCUT2D eigenvalue weighted by molar-refractivity contribution is -0.150. The van der Waals surface area contributed by atoms with E-state index in [2.05, 4.69) is 5.32 Å². The number of amides is 1. The Balaban J connectivity index is 2.62. The topological polar surface area (TPSA) is 38.3 Å². The predicted octanol–water partition coefficient (Wildman–Crippen LogP) is 2.59. The van der Waals surface area contributed by atoms with Crippen LogP contribution in [0.15, 0.2) is 24.3 Å². The third-order valence-corrected chi connectivity index (χ3v) is 1.71. The molecule has 1 amide bonds. The largest absolute Gasteiger partial charge is 0.497 e. The molecule has 88 valence electrons. The maximum atomic E-state index is 11.9. The molecule has 0 saturated carbocycles. The molecule has 1 aromatic rings. The number of methoxy groups -OCH3 is 1. The fourth-order valence-electron chi connectivity index (χ4n) is 1.09. The van der Waals surface area contributed by atoms with Crippen LogP contribution in [0.2, 0.25) is 0 Å². The highest BCUT2D eigenvalue weighted by Gasteiger charge is 2.31. The van der Waals surface area contributed by atoms with Crippen LogP contribution in [0.3, 0.4) is 0 Å². The lowest BCUT2D eigenvalue weighted by atomic mass is 10.3. The summed E-state index contributed by atoms with van der Waals surface area (Å²) in [5.41, 5.74) is 0.272. The molecule has 0 aliphatic carbocycles. The van der Waals surface area contributed by atoms with Gasteiger partial charge in [-0.2, -0.15) is 13.2 Å². The van der Waals surface area contributed by atoms with Crippen molar-refractivity contribution in [2.45, 2.75) is 12.6 Å². The van der Waals surface area contributed by atoms with E-state index in [0.29, 0.717) is 5.75 Å². The van der Waals surface area contributed by atoms with Gasteiger partial charge in [0.1, 0.15) is 12.2 Å². The summed E-state index contributed by atoms with van der Waals surface area (Å²) in [6.45, 7) is 0. The van der Waals surface area contributed by atoms with E-state index in [1.165, 1.54) is 19.2 Å². The molecule has 1 rings (SSSR count). The highest BCUT2D eigenvalue weighted by atomic mass is 19.4. The van der Waals surface area contributed by atoms with Gasteiger partial charge in [-0.3, -0.25) is 4.79 Å². The molecule has 16 heavy (non-hydrogen) atoms. The summed E-state index contributed by atoms with van der Waals surface area (Å²) in [7, 11) is 1.43. The zero-order valence-electron chi connectivity index (χ0n) is 8.47. The fraction of sp³-hybridized carbons (Fsp3) is 0.300. The van der Waals surface area contributed by atoms with Gasteiger partial charge < -0.3 is 10.1 Å². The second-order valence-electron chi connectivity index (χ2n) is 3.07. The van der Waals surface area contributed by atoms with E-state index in [1.54, 1.807) is 12.1 Å². The van der Waals surface area contributed by atoms with Crippen LogP contribution in [0.25, 0.3) is 0 Å². The van der Waals surface area contributed by atoms with Gasteiger partial charge in [0, 0.05) is 11.8 Å². The highest BCUT2D eigenvalue weighted by molar-refractivity contribution is 5.91. The normalized spacial score (nSPS) is 11.0. The van der Waals surface area contributed by atoms with Crippen molar-refractivity contribution in [2.75, 3.05) is 12.4 Å². The van der Waals surface area contributed by atoms with Crippen molar-refractivity contribution in [3.8, 4) is 5.75 Å². The van der Waals surface area contributed by atoms with Crippen LogP contribution in [0.1, 0.15) is 6.42 Å². The first-order valence-corrected chi connectivity index (χ1v) is 4.41. The molecule has 3 nitrogen and oxygen atoms in total. The molecule has 0 radical (unpaired) electrons. The molecule has 0 atom stereocenters. The van der Waals surface area contributed by atoms with Gasteiger partial charge >= 0.3 is 6.18 Å². The molecule has 0 aromatic heterocycles. The Bertz CT molecular complexity index is 377. The van der Waals surface area contributed by atoms with E-state index < -0.39 is 18.5 Å². The van der Waals surface area contributed by atoms with Crippen molar-refractivity contribution in [3.05, 3.63) is 24.3 Å². The van der Waals surface area contributed by atoms with Crippen molar-refractivity contribution in [1.29, 1.82) is 0 Å². The number of hydrogen-bond donors (Lipinski definition) is 1. The number of nitrogens with one attached hydrogen (secondary N) is 1. The molecular weight excluding hydrogens is 223 g/mol. The number of benzene rings is 1. The molecule has 0 bridgehead atoms. The fourth-order valence-corrected chi connectivity index (χ4v) is 1.09. The third-order valence-electron chi connectivity index (χ3n) is 1.71. The third kappa shape index (κ3) is 4.20. The Hall–Kier alpha value is -1.72. The zero-order valence-corrected chi connectivity index (χ0v) is 8.47. The van der Waals surface area contributed by atoms with E-state index in [-0.39, 0.29) is 5.69 Å². The average molecular weight is 233 g/mol. The first-order valence-electron chi connectivity index (χ1n) is 4.41. The van der Waals surface area contributed by atoms with Crippen LogP contribution < -0.4 is 10.1 Å². The molecule has 6 heteroatoms. The summed E-state index contributed by atoms with van der Waals surface area (Å²) in [6, 6.07) is 6.12. The van der Waals surface area contributed by atoms with E-state index in [9.17, 15) is 18.0 Å². The first-order chi connectivity index (χ1) is 7.40.